The van der Waals surface area contributed by atoms with Gasteiger partial charge in [-0.3, -0.25) is 10.3 Å². The predicted molar refractivity (Wildman–Crippen MR) is 162 cm³/mol. The number of hydrogen-bond donors (Lipinski definition) is 2. The van der Waals surface area contributed by atoms with Gasteiger partial charge in [0.2, 0.25) is 0 Å². The summed E-state index contributed by atoms with van der Waals surface area (Å²) in [5.74, 6) is 0.769. The molecule has 2 aliphatic rings. The fourth-order valence-corrected chi connectivity index (χ4v) is 5.68. The lowest BCUT2D eigenvalue weighted by Gasteiger charge is -2.33. The third-order valence-corrected chi connectivity index (χ3v) is 7.75. The zero-order chi connectivity index (χ0) is 28.8. The minimum absolute atomic E-state index is 0.199. The Labute approximate surface area is 240 Å². The summed E-state index contributed by atoms with van der Waals surface area (Å²) in [5.41, 5.74) is 8.20. The highest BCUT2D eigenvalue weighted by molar-refractivity contribution is 6.16. The molecule has 4 aromatic carbocycles. The Morgan fingerprint density at radius 3 is 2.41 bits per heavy atom. The topological polar surface area (TPSA) is 80.2 Å². The molecule has 4 aromatic rings. The summed E-state index contributed by atoms with van der Waals surface area (Å²) >= 11 is 0. The van der Waals surface area contributed by atoms with Gasteiger partial charge in [0, 0.05) is 40.8 Å². The molecule has 2 aliphatic heterocycles. The Morgan fingerprint density at radius 1 is 0.927 bits per heavy atom. The van der Waals surface area contributed by atoms with E-state index in [1.807, 2.05) is 80.6 Å². The van der Waals surface area contributed by atoms with Gasteiger partial charge in [-0.2, -0.15) is 0 Å². The monoisotopic (exact) mass is 546 g/mol. The second-order valence-corrected chi connectivity index (χ2v) is 12.1. The molecule has 2 heterocycles. The van der Waals surface area contributed by atoms with E-state index in [0.29, 0.717) is 24.4 Å². The predicted octanol–water partition coefficient (Wildman–Crippen LogP) is 7.65. The van der Waals surface area contributed by atoms with Gasteiger partial charge in [-0.15, -0.1) is 0 Å². The summed E-state index contributed by atoms with van der Waals surface area (Å²) in [7, 11) is 0. The molecule has 6 heteroatoms. The third-order valence-electron chi connectivity index (χ3n) is 7.75. The van der Waals surface area contributed by atoms with E-state index in [4.69, 9.17) is 14.5 Å². The van der Waals surface area contributed by atoms with E-state index in [9.17, 15) is 9.90 Å². The van der Waals surface area contributed by atoms with E-state index in [2.05, 4.69) is 37.4 Å². The number of ether oxygens (including phenoxy) is 2. The molecule has 1 amide bonds. The summed E-state index contributed by atoms with van der Waals surface area (Å²) in [5, 5.41) is 13.7. The van der Waals surface area contributed by atoms with Crippen molar-refractivity contribution in [3.8, 4) is 22.6 Å². The highest BCUT2D eigenvalue weighted by Gasteiger charge is 2.40. The average Bonchev–Trinajstić information content (AvgIpc) is 3.29. The highest BCUT2D eigenvalue weighted by Crippen LogP contribution is 2.49. The number of aromatic hydroxyl groups is 1. The SMILES string of the molecule is CC1(C)Cc2c(c(O)cc3c2C(c2cccc(-c4ccc(NC(=O)OCc5ccccc5)cc4)c2)=NCC3(C)C)O1. The van der Waals surface area contributed by atoms with Gasteiger partial charge in [-0.05, 0) is 60.4 Å². The van der Waals surface area contributed by atoms with Gasteiger partial charge in [-0.1, -0.05) is 74.5 Å². The number of fused-ring (bicyclic) bond motifs is 3. The summed E-state index contributed by atoms with van der Waals surface area (Å²) in [4.78, 5) is 17.4. The van der Waals surface area contributed by atoms with Crippen LogP contribution in [0, 0.1) is 0 Å². The number of benzene rings is 4. The molecule has 208 valence electrons. The Kier molecular flexibility index (Phi) is 6.57. The minimum Gasteiger partial charge on any atom is -0.504 e. The zero-order valence-electron chi connectivity index (χ0n) is 23.8. The van der Waals surface area contributed by atoms with Crippen molar-refractivity contribution in [3.63, 3.8) is 0 Å². The number of aliphatic imine (C=N–C) groups is 1. The number of rotatable bonds is 5. The van der Waals surface area contributed by atoms with Crippen molar-refractivity contribution in [1.29, 1.82) is 0 Å². The van der Waals surface area contributed by atoms with E-state index in [1.165, 1.54) is 0 Å². The molecule has 0 spiro atoms. The van der Waals surface area contributed by atoms with Crippen molar-refractivity contribution < 1.29 is 19.4 Å². The largest absolute Gasteiger partial charge is 0.504 e. The second-order valence-electron chi connectivity index (χ2n) is 12.1. The van der Waals surface area contributed by atoms with Crippen molar-refractivity contribution >= 4 is 17.5 Å². The van der Waals surface area contributed by atoms with Crippen LogP contribution in [0.15, 0.2) is 89.9 Å². The lowest BCUT2D eigenvalue weighted by atomic mass is 9.74. The van der Waals surface area contributed by atoms with Crippen LogP contribution >= 0.6 is 0 Å². The Morgan fingerprint density at radius 2 is 1.66 bits per heavy atom. The molecular formula is C35H34N2O4. The number of anilines is 1. The Balaban J connectivity index is 1.25. The number of phenols is 1. The van der Waals surface area contributed by atoms with E-state index in [-0.39, 0.29) is 17.8 Å². The number of hydrogen-bond acceptors (Lipinski definition) is 5. The maximum atomic E-state index is 12.3. The molecule has 0 saturated carbocycles. The molecule has 0 radical (unpaired) electrons. The van der Waals surface area contributed by atoms with Gasteiger partial charge < -0.3 is 14.6 Å². The first kappa shape index (κ1) is 26.6. The summed E-state index contributed by atoms with van der Waals surface area (Å²) in [6, 6.07) is 27.5. The lowest BCUT2D eigenvalue weighted by Crippen LogP contribution is -2.31. The van der Waals surface area contributed by atoms with Gasteiger partial charge in [0.25, 0.3) is 0 Å². The van der Waals surface area contributed by atoms with Crippen molar-refractivity contribution in [3.05, 3.63) is 113 Å². The van der Waals surface area contributed by atoms with Gasteiger partial charge in [0.1, 0.15) is 12.2 Å². The molecule has 6 nitrogen and oxygen atoms in total. The first-order valence-corrected chi connectivity index (χ1v) is 13.9. The molecule has 0 bridgehead atoms. The van der Waals surface area contributed by atoms with Crippen molar-refractivity contribution in [2.45, 2.75) is 51.7 Å². The first-order chi connectivity index (χ1) is 19.6. The molecule has 2 N–H and O–H groups in total. The average molecular weight is 547 g/mol. The molecule has 6 rings (SSSR count). The van der Waals surface area contributed by atoms with Crippen molar-refractivity contribution in [2.24, 2.45) is 4.99 Å². The van der Waals surface area contributed by atoms with Crippen LogP contribution in [0.25, 0.3) is 11.1 Å². The number of carbonyl (C=O) groups is 1. The molecule has 0 aliphatic carbocycles. The van der Waals surface area contributed by atoms with E-state index >= 15 is 0 Å². The van der Waals surface area contributed by atoms with Gasteiger partial charge in [0.05, 0.1) is 5.71 Å². The van der Waals surface area contributed by atoms with E-state index in [0.717, 1.165) is 44.7 Å². The van der Waals surface area contributed by atoms with Crippen LogP contribution in [0.5, 0.6) is 11.5 Å². The number of carbonyl (C=O) groups excluding carboxylic acids is 1. The van der Waals surface area contributed by atoms with Crippen molar-refractivity contribution in [1.82, 2.24) is 0 Å². The Hall–Kier alpha value is -4.58. The number of amides is 1. The molecule has 0 aromatic heterocycles. The standard InChI is InChI=1S/C35H34N2O4/c1-34(2)21-36-31(30-27-19-35(3,4)41-32(27)29(38)18-28(30)34)25-12-8-11-24(17-25)23-13-15-26(16-14-23)37-33(39)40-20-22-9-6-5-7-10-22/h5-18,38H,19-21H2,1-4H3,(H,37,39). The van der Waals surface area contributed by atoms with E-state index < -0.39 is 11.7 Å². The van der Waals surface area contributed by atoms with Crippen LogP contribution in [0.3, 0.4) is 0 Å². The number of nitrogens with zero attached hydrogens (tertiary/aromatic N) is 1. The molecule has 0 fully saturated rings. The minimum atomic E-state index is -0.494. The van der Waals surface area contributed by atoms with Crippen LogP contribution in [0.2, 0.25) is 0 Å². The van der Waals surface area contributed by atoms with Crippen LogP contribution in [-0.2, 0) is 23.2 Å². The van der Waals surface area contributed by atoms with Gasteiger partial charge >= 0.3 is 6.09 Å². The fraction of sp³-hybridized carbons (Fsp3) is 0.257. The summed E-state index contributed by atoms with van der Waals surface area (Å²) in [6.07, 6.45) is 0.210. The third kappa shape index (κ3) is 5.30. The highest BCUT2D eigenvalue weighted by atomic mass is 16.5. The summed E-state index contributed by atoms with van der Waals surface area (Å²) in [6.45, 7) is 9.28. The smallest absolute Gasteiger partial charge is 0.411 e. The lowest BCUT2D eigenvalue weighted by molar-refractivity contribution is 0.134. The fourth-order valence-electron chi connectivity index (χ4n) is 5.68. The molecular weight excluding hydrogens is 512 g/mol. The Bertz CT molecular complexity index is 1650. The normalized spacial score (nSPS) is 16.1. The van der Waals surface area contributed by atoms with E-state index in [1.54, 1.807) is 0 Å². The summed E-state index contributed by atoms with van der Waals surface area (Å²) < 4.78 is 11.5. The maximum Gasteiger partial charge on any atom is 0.411 e. The molecule has 41 heavy (non-hydrogen) atoms. The second kappa shape index (κ2) is 10.1. The number of phenolic OH excluding ortho intramolecular Hbond substituents is 1. The number of nitrogens with one attached hydrogen (secondary N) is 1. The molecule has 0 unspecified atom stereocenters. The van der Waals surface area contributed by atoms with Crippen molar-refractivity contribution in [2.75, 3.05) is 11.9 Å². The quantitative estimate of drug-likeness (QED) is 0.269. The van der Waals surface area contributed by atoms with Crippen LogP contribution in [0.4, 0.5) is 10.5 Å². The molecule has 0 saturated heterocycles. The van der Waals surface area contributed by atoms with Crippen LogP contribution in [0.1, 0.15) is 55.5 Å². The zero-order valence-corrected chi connectivity index (χ0v) is 23.8. The van der Waals surface area contributed by atoms with Gasteiger partial charge in [-0.25, -0.2) is 4.79 Å². The first-order valence-electron chi connectivity index (χ1n) is 13.9. The maximum absolute atomic E-state index is 12.3. The van der Waals surface area contributed by atoms with Crippen LogP contribution in [-0.4, -0.2) is 29.1 Å². The molecule has 0 atom stereocenters. The van der Waals surface area contributed by atoms with Gasteiger partial charge in [0.15, 0.2) is 11.5 Å². The van der Waals surface area contributed by atoms with Crippen LogP contribution < -0.4 is 10.1 Å².